The standard InChI is InChI=1S/C14H25IO5/c15-9-5-1-2-6-10-19-11-12-20-14(18)8-4-3-7-13(16)17/h1-12H2,(H,16,17). The van der Waals surface area contributed by atoms with E-state index in [1.165, 1.54) is 23.7 Å². The molecule has 0 bridgehead atoms. The van der Waals surface area contributed by atoms with Gasteiger partial charge in [0, 0.05) is 19.4 Å². The van der Waals surface area contributed by atoms with Gasteiger partial charge >= 0.3 is 11.9 Å². The quantitative estimate of drug-likeness (QED) is 0.210. The first-order valence-electron chi connectivity index (χ1n) is 7.18. The van der Waals surface area contributed by atoms with Gasteiger partial charge in [-0.3, -0.25) is 9.59 Å². The van der Waals surface area contributed by atoms with Crippen LogP contribution in [0.3, 0.4) is 0 Å². The Hall–Kier alpha value is -0.370. The summed E-state index contributed by atoms with van der Waals surface area (Å²) >= 11 is 2.38. The number of alkyl halides is 1. The summed E-state index contributed by atoms with van der Waals surface area (Å²) in [7, 11) is 0. The normalized spacial score (nSPS) is 10.4. The van der Waals surface area contributed by atoms with E-state index in [0.717, 1.165) is 13.0 Å². The minimum atomic E-state index is -0.828. The summed E-state index contributed by atoms with van der Waals surface area (Å²) in [6.45, 7) is 1.44. The molecular formula is C14H25IO5. The van der Waals surface area contributed by atoms with Gasteiger partial charge in [-0.05, 0) is 30.1 Å². The number of halogens is 1. The van der Waals surface area contributed by atoms with Crippen LogP contribution in [0.2, 0.25) is 0 Å². The van der Waals surface area contributed by atoms with Crippen molar-refractivity contribution in [3.05, 3.63) is 0 Å². The largest absolute Gasteiger partial charge is 0.481 e. The van der Waals surface area contributed by atoms with Crippen molar-refractivity contribution in [2.75, 3.05) is 24.2 Å². The second-order valence-electron chi connectivity index (χ2n) is 4.54. The third-order valence-electron chi connectivity index (χ3n) is 2.68. The van der Waals surface area contributed by atoms with Crippen LogP contribution in [0.5, 0.6) is 0 Å². The van der Waals surface area contributed by atoms with E-state index in [-0.39, 0.29) is 25.4 Å². The molecule has 1 N–H and O–H groups in total. The molecule has 5 nitrogen and oxygen atoms in total. The van der Waals surface area contributed by atoms with E-state index in [0.29, 0.717) is 19.4 Å². The predicted molar refractivity (Wildman–Crippen MR) is 85.2 cm³/mol. The second kappa shape index (κ2) is 15.0. The van der Waals surface area contributed by atoms with Crippen molar-refractivity contribution < 1.29 is 24.2 Å². The minimum absolute atomic E-state index is 0.105. The van der Waals surface area contributed by atoms with E-state index in [1.54, 1.807) is 0 Å². The molecule has 0 unspecified atom stereocenters. The molecule has 0 spiro atoms. The summed E-state index contributed by atoms with van der Waals surface area (Å²) in [5, 5.41) is 8.44. The van der Waals surface area contributed by atoms with Gasteiger partial charge in [-0.1, -0.05) is 35.4 Å². The van der Waals surface area contributed by atoms with Crippen molar-refractivity contribution in [1.29, 1.82) is 0 Å². The number of hydrogen-bond acceptors (Lipinski definition) is 4. The van der Waals surface area contributed by atoms with Crippen LogP contribution in [0.1, 0.15) is 51.4 Å². The molecule has 20 heavy (non-hydrogen) atoms. The van der Waals surface area contributed by atoms with E-state index in [9.17, 15) is 9.59 Å². The van der Waals surface area contributed by atoms with Gasteiger partial charge in [0.2, 0.25) is 0 Å². The van der Waals surface area contributed by atoms with E-state index in [4.69, 9.17) is 14.6 Å². The monoisotopic (exact) mass is 400 g/mol. The lowest BCUT2D eigenvalue weighted by atomic mass is 10.2. The Labute approximate surface area is 134 Å². The van der Waals surface area contributed by atoms with Crippen molar-refractivity contribution in [3.63, 3.8) is 0 Å². The van der Waals surface area contributed by atoms with Gasteiger partial charge < -0.3 is 14.6 Å². The number of esters is 1. The predicted octanol–water partition coefficient (Wildman–Crippen LogP) is 3.19. The number of carbonyl (C=O) groups excluding carboxylic acids is 1. The zero-order valence-corrected chi connectivity index (χ0v) is 14.1. The summed E-state index contributed by atoms with van der Waals surface area (Å²) in [4.78, 5) is 21.5. The molecule has 0 saturated heterocycles. The van der Waals surface area contributed by atoms with E-state index >= 15 is 0 Å². The van der Waals surface area contributed by atoms with Gasteiger partial charge in [0.05, 0.1) is 6.61 Å². The molecule has 0 aliphatic carbocycles. The summed E-state index contributed by atoms with van der Waals surface area (Å²) in [6.07, 6.45) is 6.21. The van der Waals surface area contributed by atoms with Crippen LogP contribution in [0.4, 0.5) is 0 Å². The number of ether oxygens (including phenoxy) is 2. The van der Waals surface area contributed by atoms with Crippen LogP contribution >= 0.6 is 22.6 Å². The lowest BCUT2D eigenvalue weighted by Crippen LogP contribution is -2.11. The Morgan fingerprint density at radius 2 is 1.55 bits per heavy atom. The van der Waals surface area contributed by atoms with Crippen LogP contribution in [-0.4, -0.2) is 41.3 Å². The topological polar surface area (TPSA) is 72.8 Å². The first-order valence-corrected chi connectivity index (χ1v) is 8.70. The molecule has 0 atom stereocenters. The Bertz CT molecular complexity index is 258. The van der Waals surface area contributed by atoms with E-state index < -0.39 is 5.97 Å². The Morgan fingerprint density at radius 3 is 2.25 bits per heavy atom. The Balaban J connectivity index is 3.17. The zero-order valence-electron chi connectivity index (χ0n) is 11.9. The third-order valence-corrected chi connectivity index (χ3v) is 3.45. The fraction of sp³-hybridized carbons (Fsp3) is 0.857. The van der Waals surface area contributed by atoms with Gasteiger partial charge in [-0.25, -0.2) is 0 Å². The summed E-state index contributed by atoms with van der Waals surface area (Å²) < 4.78 is 11.6. The molecule has 118 valence electrons. The highest BCUT2D eigenvalue weighted by Gasteiger charge is 2.03. The maximum atomic E-state index is 11.3. The molecular weight excluding hydrogens is 375 g/mol. The molecule has 0 amide bonds. The number of hydrogen-bond donors (Lipinski definition) is 1. The smallest absolute Gasteiger partial charge is 0.305 e. The van der Waals surface area contributed by atoms with Crippen LogP contribution in [-0.2, 0) is 19.1 Å². The summed E-state index contributed by atoms with van der Waals surface area (Å²) in [5.41, 5.74) is 0. The molecule has 0 rings (SSSR count). The highest BCUT2D eigenvalue weighted by Crippen LogP contribution is 2.03. The third kappa shape index (κ3) is 15.7. The SMILES string of the molecule is O=C(O)CCCCC(=O)OCCOCCCCCCI. The van der Waals surface area contributed by atoms with E-state index in [1.807, 2.05) is 0 Å². The highest BCUT2D eigenvalue weighted by atomic mass is 127. The number of aliphatic carboxylic acids is 1. The van der Waals surface area contributed by atoms with Crippen LogP contribution < -0.4 is 0 Å². The van der Waals surface area contributed by atoms with Gasteiger partial charge in [0.1, 0.15) is 6.61 Å². The van der Waals surface area contributed by atoms with Crippen molar-refractivity contribution in [2.24, 2.45) is 0 Å². The first kappa shape index (κ1) is 19.6. The number of carboxylic acid groups (broad SMARTS) is 1. The molecule has 0 fully saturated rings. The molecule has 0 aromatic rings. The number of unbranched alkanes of at least 4 members (excludes halogenated alkanes) is 4. The molecule has 0 radical (unpaired) electrons. The van der Waals surface area contributed by atoms with E-state index in [2.05, 4.69) is 22.6 Å². The lowest BCUT2D eigenvalue weighted by Gasteiger charge is -2.06. The van der Waals surface area contributed by atoms with Gasteiger partial charge in [-0.15, -0.1) is 0 Å². The maximum absolute atomic E-state index is 11.3. The molecule has 0 aliphatic heterocycles. The average Bonchev–Trinajstić information content (AvgIpc) is 2.41. The number of carbonyl (C=O) groups is 2. The molecule has 0 heterocycles. The van der Waals surface area contributed by atoms with Crippen molar-refractivity contribution >= 4 is 34.5 Å². The Kier molecular flexibility index (Phi) is 14.7. The minimum Gasteiger partial charge on any atom is -0.481 e. The lowest BCUT2D eigenvalue weighted by molar-refractivity contribution is -0.145. The van der Waals surface area contributed by atoms with Gasteiger partial charge in [-0.2, -0.15) is 0 Å². The number of rotatable bonds is 14. The summed E-state index contributed by atoms with van der Waals surface area (Å²) in [5.74, 6) is -1.11. The fourth-order valence-corrected chi connectivity index (χ4v) is 2.13. The van der Waals surface area contributed by atoms with Gasteiger partial charge in [0.25, 0.3) is 0 Å². The van der Waals surface area contributed by atoms with Crippen molar-refractivity contribution in [3.8, 4) is 0 Å². The maximum Gasteiger partial charge on any atom is 0.305 e. The van der Waals surface area contributed by atoms with Gasteiger partial charge in [0.15, 0.2) is 0 Å². The first-order chi connectivity index (χ1) is 9.66. The molecule has 6 heteroatoms. The molecule has 0 aromatic heterocycles. The Morgan fingerprint density at radius 1 is 0.850 bits per heavy atom. The molecule has 0 aromatic carbocycles. The highest BCUT2D eigenvalue weighted by molar-refractivity contribution is 14.1. The average molecular weight is 400 g/mol. The second-order valence-corrected chi connectivity index (χ2v) is 5.62. The molecule has 0 saturated carbocycles. The zero-order chi connectivity index (χ0) is 15.1. The molecule has 0 aliphatic rings. The summed E-state index contributed by atoms with van der Waals surface area (Å²) in [6, 6.07) is 0. The number of carboxylic acids is 1. The van der Waals surface area contributed by atoms with Crippen molar-refractivity contribution in [1.82, 2.24) is 0 Å². The van der Waals surface area contributed by atoms with Crippen molar-refractivity contribution in [2.45, 2.75) is 51.4 Å². The van der Waals surface area contributed by atoms with Crippen LogP contribution in [0.15, 0.2) is 0 Å². The van der Waals surface area contributed by atoms with Crippen LogP contribution in [0, 0.1) is 0 Å². The fourth-order valence-electron chi connectivity index (χ4n) is 1.59. The van der Waals surface area contributed by atoms with Crippen LogP contribution in [0.25, 0.3) is 0 Å².